The lowest BCUT2D eigenvalue weighted by atomic mass is 10.2. The molecule has 0 saturated carbocycles. The van der Waals surface area contributed by atoms with Crippen LogP contribution in [0.5, 0.6) is 5.75 Å². The van der Waals surface area contributed by atoms with E-state index in [4.69, 9.17) is 10.00 Å². The van der Waals surface area contributed by atoms with Crippen molar-refractivity contribution in [2.45, 2.75) is 0 Å². The van der Waals surface area contributed by atoms with E-state index in [0.29, 0.717) is 30.0 Å². The van der Waals surface area contributed by atoms with Gasteiger partial charge in [-0.1, -0.05) is 6.07 Å². The Morgan fingerprint density at radius 1 is 1.23 bits per heavy atom. The molecule has 130 valence electrons. The monoisotopic (exact) mass is 346 g/mol. The van der Waals surface area contributed by atoms with Crippen LogP contribution in [-0.2, 0) is 0 Å². The van der Waals surface area contributed by atoms with Gasteiger partial charge in [-0.15, -0.1) is 0 Å². The number of aromatic nitrogens is 2. The Labute approximate surface area is 151 Å². The van der Waals surface area contributed by atoms with Crippen molar-refractivity contribution in [3.05, 3.63) is 78.2 Å². The molecule has 0 N–H and O–H groups in total. The number of hydrogen-bond acceptors (Lipinski definition) is 4. The summed E-state index contributed by atoms with van der Waals surface area (Å²) in [6.45, 7) is 0.765. The van der Waals surface area contributed by atoms with Gasteiger partial charge in [0.2, 0.25) is 0 Å². The number of nitriles is 1. The van der Waals surface area contributed by atoms with Gasteiger partial charge in [0.1, 0.15) is 18.2 Å². The Morgan fingerprint density at radius 3 is 2.73 bits per heavy atom. The number of rotatable bonds is 6. The van der Waals surface area contributed by atoms with Crippen molar-refractivity contribution in [2.24, 2.45) is 0 Å². The van der Waals surface area contributed by atoms with Gasteiger partial charge in [0.15, 0.2) is 0 Å². The maximum atomic E-state index is 12.5. The highest BCUT2D eigenvalue weighted by Crippen LogP contribution is 2.13. The van der Waals surface area contributed by atoms with Crippen LogP contribution in [-0.4, -0.2) is 40.6 Å². The molecule has 0 radical (unpaired) electrons. The number of hydrogen-bond donors (Lipinski definition) is 0. The molecule has 0 fully saturated rings. The van der Waals surface area contributed by atoms with Gasteiger partial charge in [-0.3, -0.25) is 4.79 Å². The van der Waals surface area contributed by atoms with Crippen LogP contribution in [0.1, 0.15) is 15.9 Å². The molecule has 6 nitrogen and oxygen atoms in total. The molecule has 0 aliphatic heterocycles. The van der Waals surface area contributed by atoms with E-state index in [1.54, 1.807) is 48.5 Å². The van der Waals surface area contributed by atoms with Crippen molar-refractivity contribution in [2.75, 3.05) is 20.2 Å². The number of pyridine rings is 1. The quantitative estimate of drug-likeness (QED) is 0.688. The Bertz CT molecular complexity index is 912. The van der Waals surface area contributed by atoms with Crippen LogP contribution in [0.2, 0.25) is 0 Å². The minimum absolute atomic E-state index is 0.120. The fraction of sp³-hybridized carbons (Fsp3) is 0.150. The van der Waals surface area contributed by atoms with Crippen LogP contribution in [0.3, 0.4) is 0 Å². The SMILES string of the molecule is CN(CCOc1cccc(C#N)c1)C(=O)c1ccc(-n2cccc2)nc1. The average molecular weight is 346 g/mol. The van der Waals surface area contributed by atoms with Gasteiger partial charge in [-0.05, 0) is 42.5 Å². The van der Waals surface area contributed by atoms with Crippen molar-refractivity contribution in [3.63, 3.8) is 0 Å². The van der Waals surface area contributed by atoms with Crippen LogP contribution in [0, 0.1) is 11.3 Å². The third-order valence-electron chi connectivity index (χ3n) is 3.87. The molecule has 6 heteroatoms. The van der Waals surface area contributed by atoms with Gasteiger partial charge in [0, 0.05) is 25.6 Å². The molecule has 0 unspecified atom stereocenters. The van der Waals surface area contributed by atoms with Gasteiger partial charge in [0.05, 0.1) is 23.7 Å². The number of likely N-dealkylation sites (N-methyl/N-ethyl adjacent to an activating group) is 1. The molecule has 3 rings (SSSR count). The first-order chi connectivity index (χ1) is 12.7. The van der Waals surface area contributed by atoms with E-state index in [1.807, 2.05) is 35.2 Å². The summed E-state index contributed by atoms with van der Waals surface area (Å²) in [5, 5.41) is 8.89. The maximum absolute atomic E-state index is 12.5. The summed E-state index contributed by atoms with van der Waals surface area (Å²) in [4.78, 5) is 18.4. The second kappa shape index (κ2) is 7.99. The summed E-state index contributed by atoms with van der Waals surface area (Å²) in [5.41, 5.74) is 1.07. The lowest BCUT2D eigenvalue weighted by Crippen LogP contribution is -2.31. The maximum Gasteiger partial charge on any atom is 0.255 e. The zero-order valence-corrected chi connectivity index (χ0v) is 14.4. The Morgan fingerprint density at radius 2 is 2.04 bits per heavy atom. The first kappa shape index (κ1) is 17.2. The van der Waals surface area contributed by atoms with Crippen LogP contribution >= 0.6 is 0 Å². The van der Waals surface area contributed by atoms with Crippen LogP contribution in [0.4, 0.5) is 0 Å². The molecule has 2 heterocycles. The summed E-state index contributed by atoms with van der Waals surface area (Å²) in [6, 6.07) is 16.4. The molecular formula is C20H18N4O2. The van der Waals surface area contributed by atoms with E-state index in [1.165, 1.54) is 0 Å². The largest absolute Gasteiger partial charge is 0.492 e. The van der Waals surface area contributed by atoms with Gasteiger partial charge in [0.25, 0.3) is 5.91 Å². The Kier molecular flexibility index (Phi) is 5.30. The molecule has 0 saturated heterocycles. The predicted octanol–water partition coefficient (Wildman–Crippen LogP) is 2.89. The first-order valence-electron chi connectivity index (χ1n) is 8.15. The summed E-state index contributed by atoms with van der Waals surface area (Å²) in [5.74, 6) is 1.25. The Hall–Kier alpha value is -3.59. The summed E-state index contributed by atoms with van der Waals surface area (Å²) >= 11 is 0. The molecule has 26 heavy (non-hydrogen) atoms. The lowest BCUT2D eigenvalue weighted by Gasteiger charge is -2.17. The highest BCUT2D eigenvalue weighted by Gasteiger charge is 2.12. The molecule has 0 spiro atoms. The number of ether oxygens (including phenoxy) is 1. The fourth-order valence-corrected chi connectivity index (χ4v) is 2.43. The molecule has 2 aromatic heterocycles. The molecule has 1 aromatic carbocycles. The number of carbonyl (C=O) groups is 1. The number of nitrogens with zero attached hydrogens (tertiary/aromatic N) is 4. The van der Waals surface area contributed by atoms with E-state index in [-0.39, 0.29) is 5.91 Å². The minimum atomic E-state index is -0.120. The molecule has 0 bridgehead atoms. The zero-order chi connectivity index (χ0) is 18.4. The average Bonchev–Trinajstić information content (AvgIpc) is 3.22. The highest BCUT2D eigenvalue weighted by molar-refractivity contribution is 5.93. The smallest absolute Gasteiger partial charge is 0.255 e. The minimum Gasteiger partial charge on any atom is -0.492 e. The number of carbonyl (C=O) groups excluding carboxylic acids is 1. The predicted molar refractivity (Wildman–Crippen MR) is 97.2 cm³/mol. The second-order valence-corrected chi connectivity index (χ2v) is 5.71. The third-order valence-corrected chi connectivity index (χ3v) is 3.87. The fourth-order valence-electron chi connectivity index (χ4n) is 2.43. The third kappa shape index (κ3) is 4.08. The van der Waals surface area contributed by atoms with E-state index < -0.39 is 0 Å². The van der Waals surface area contributed by atoms with E-state index >= 15 is 0 Å². The first-order valence-corrected chi connectivity index (χ1v) is 8.15. The highest BCUT2D eigenvalue weighted by atomic mass is 16.5. The Balaban J connectivity index is 1.55. The second-order valence-electron chi connectivity index (χ2n) is 5.71. The summed E-state index contributed by atoms with van der Waals surface area (Å²) in [6.07, 6.45) is 5.37. The van der Waals surface area contributed by atoms with Crippen LogP contribution in [0.25, 0.3) is 5.82 Å². The molecular weight excluding hydrogens is 328 g/mol. The standard InChI is InChI=1S/C20H18N4O2/c1-23(11-12-26-18-6-4-5-16(13-18)14-21)20(25)17-7-8-19(22-15-17)24-9-2-3-10-24/h2-10,13,15H,11-12H2,1H3. The number of amides is 1. The summed E-state index contributed by atoms with van der Waals surface area (Å²) < 4.78 is 7.49. The van der Waals surface area contributed by atoms with E-state index in [9.17, 15) is 4.79 Å². The van der Waals surface area contributed by atoms with Gasteiger partial charge >= 0.3 is 0 Å². The molecule has 0 atom stereocenters. The van der Waals surface area contributed by atoms with Crippen molar-refractivity contribution in [1.29, 1.82) is 5.26 Å². The normalized spacial score (nSPS) is 10.2. The summed E-state index contributed by atoms with van der Waals surface area (Å²) in [7, 11) is 1.72. The van der Waals surface area contributed by atoms with Crippen molar-refractivity contribution in [3.8, 4) is 17.6 Å². The van der Waals surface area contributed by atoms with Crippen molar-refractivity contribution in [1.82, 2.24) is 14.5 Å². The van der Waals surface area contributed by atoms with Gasteiger partial charge < -0.3 is 14.2 Å². The van der Waals surface area contributed by atoms with Gasteiger partial charge in [-0.2, -0.15) is 5.26 Å². The van der Waals surface area contributed by atoms with Crippen molar-refractivity contribution < 1.29 is 9.53 Å². The molecule has 0 aliphatic carbocycles. The van der Waals surface area contributed by atoms with E-state index in [2.05, 4.69) is 11.1 Å². The molecule has 1 amide bonds. The molecule has 0 aliphatic rings. The van der Waals surface area contributed by atoms with Crippen molar-refractivity contribution >= 4 is 5.91 Å². The van der Waals surface area contributed by atoms with E-state index in [0.717, 1.165) is 5.82 Å². The van der Waals surface area contributed by atoms with Crippen LogP contribution < -0.4 is 4.74 Å². The van der Waals surface area contributed by atoms with Crippen LogP contribution in [0.15, 0.2) is 67.1 Å². The molecule has 3 aromatic rings. The van der Waals surface area contributed by atoms with Gasteiger partial charge in [-0.25, -0.2) is 4.98 Å². The topological polar surface area (TPSA) is 71.2 Å². The zero-order valence-electron chi connectivity index (χ0n) is 14.4. The lowest BCUT2D eigenvalue weighted by molar-refractivity contribution is 0.0773. The number of benzene rings is 1.